The highest BCUT2D eigenvalue weighted by molar-refractivity contribution is 8.01. The molecular formula is C12H14N4OS2. The van der Waals surface area contributed by atoms with Crippen LogP contribution in [0, 0.1) is 11.3 Å². The summed E-state index contributed by atoms with van der Waals surface area (Å²) in [5.74, 6) is 1.01. The molecule has 2 aromatic rings. The van der Waals surface area contributed by atoms with E-state index in [1.807, 2.05) is 6.07 Å². The molecule has 0 N–H and O–H groups in total. The maximum Gasteiger partial charge on any atom is 0.275 e. The number of rotatable bonds is 6. The van der Waals surface area contributed by atoms with Crippen LogP contribution in [-0.4, -0.2) is 20.4 Å². The smallest absolute Gasteiger partial charge is 0.267 e. The molecule has 7 heteroatoms. The van der Waals surface area contributed by atoms with Crippen LogP contribution in [0.25, 0.3) is 4.96 Å². The molecule has 0 bridgehead atoms. The zero-order valence-corrected chi connectivity index (χ0v) is 12.3. The number of hydrogen-bond donors (Lipinski definition) is 0. The van der Waals surface area contributed by atoms with Crippen molar-refractivity contribution in [1.29, 1.82) is 5.26 Å². The lowest BCUT2D eigenvalue weighted by atomic mass is 10.2. The van der Waals surface area contributed by atoms with E-state index >= 15 is 0 Å². The number of thioether (sulfide) groups is 1. The van der Waals surface area contributed by atoms with E-state index in [1.54, 1.807) is 11.8 Å². The first-order chi connectivity index (χ1) is 9.24. The van der Waals surface area contributed by atoms with Crippen molar-refractivity contribution in [3.8, 4) is 6.07 Å². The Labute approximate surface area is 119 Å². The first-order valence-electron chi connectivity index (χ1n) is 6.18. The molecule has 100 valence electrons. The van der Waals surface area contributed by atoms with Gasteiger partial charge in [-0.1, -0.05) is 49.3 Å². The molecule has 0 saturated carbocycles. The summed E-state index contributed by atoms with van der Waals surface area (Å²) in [6.07, 6.45) is 4.87. The third-order valence-electron chi connectivity index (χ3n) is 2.57. The second kappa shape index (κ2) is 6.68. The molecule has 0 fully saturated rings. The summed E-state index contributed by atoms with van der Waals surface area (Å²) in [6.45, 7) is 2.19. The third kappa shape index (κ3) is 3.55. The fourth-order valence-electron chi connectivity index (χ4n) is 1.62. The zero-order chi connectivity index (χ0) is 13.7. The first-order valence-corrected chi connectivity index (χ1v) is 7.98. The Hall–Kier alpha value is -1.39. The average molecular weight is 294 g/mol. The van der Waals surface area contributed by atoms with E-state index in [1.165, 1.54) is 41.2 Å². The van der Waals surface area contributed by atoms with Gasteiger partial charge in [-0.2, -0.15) is 14.8 Å². The van der Waals surface area contributed by atoms with E-state index in [0.29, 0.717) is 4.96 Å². The van der Waals surface area contributed by atoms with Gasteiger partial charge in [0.1, 0.15) is 6.07 Å². The van der Waals surface area contributed by atoms with Crippen LogP contribution in [0.15, 0.2) is 15.2 Å². The van der Waals surface area contributed by atoms with Gasteiger partial charge in [-0.05, 0) is 6.42 Å². The van der Waals surface area contributed by atoms with Crippen LogP contribution < -0.4 is 5.56 Å². The van der Waals surface area contributed by atoms with Gasteiger partial charge in [0.25, 0.3) is 5.56 Å². The van der Waals surface area contributed by atoms with Crippen LogP contribution in [0.5, 0.6) is 0 Å². The molecule has 0 radical (unpaired) electrons. The molecule has 2 rings (SSSR count). The number of hydrogen-bond acceptors (Lipinski definition) is 6. The zero-order valence-electron chi connectivity index (χ0n) is 10.6. The number of aromatic nitrogens is 3. The summed E-state index contributed by atoms with van der Waals surface area (Å²) < 4.78 is 2.30. The summed E-state index contributed by atoms with van der Waals surface area (Å²) in [7, 11) is 0. The van der Waals surface area contributed by atoms with Crippen molar-refractivity contribution in [2.75, 3.05) is 5.75 Å². The Morgan fingerprint density at radius 3 is 3.05 bits per heavy atom. The minimum absolute atomic E-state index is 0.240. The highest BCUT2D eigenvalue weighted by Crippen LogP contribution is 2.25. The lowest BCUT2D eigenvalue weighted by Gasteiger charge is -1.96. The van der Waals surface area contributed by atoms with E-state index in [-0.39, 0.29) is 11.3 Å². The van der Waals surface area contributed by atoms with E-state index in [2.05, 4.69) is 17.0 Å². The van der Waals surface area contributed by atoms with Gasteiger partial charge in [-0.3, -0.25) is 4.79 Å². The minimum atomic E-state index is -0.389. The molecule has 2 aromatic heterocycles. The number of nitrogens with zero attached hydrogens (tertiary/aromatic N) is 4. The van der Waals surface area contributed by atoms with Gasteiger partial charge in [0.15, 0.2) is 10.0 Å². The Balaban J connectivity index is 2.09. The van der Waals surface area contributed by atoms with Crippen LogP contribution in [0.4, 0.5) is 0 Å². The number of fused-ring (bicyclic) bond motifs is 1. The summed E-state index contributed by atoms with van der Waals surface area (Å²) in [6, 6.07) is 3.18. The molecule has 19 heavy (non-hydrogen) atoms. The topological polar surface area (TPSA) is 71.1 Å². The molecule has 0 unspecified atom stereocenters. The van der Waals surface area contributed by atoms with Crippen molar-refractivity contribution in [1.82, 2.24) is 14.6 Å². The van der Waals surface area contributed by atoms with Crippen LogP contribution in [0.2, 0.25) is 0 Å². The van der Waals surface area contributed by atoms with Gasteiger partial charge in [-0.25, -0.2) is 0 Å². The summed E-state index contributed by atoms with van der Waals surface area (Å²) in [5.41, 5.74) is -0.149. The summed E-state index contributed by atoms with van der Waals surface area (Å²) in [4.78, 5) is 15.6. The molecule has 5 nitrogen and oxygen atoms in total. The second-order valence-electron chi connectivity index (χ2n) is 4.06. The van der Waals surface area contributed by atoms with Gasteiger partial charge in [0.2, 0.25) is 4.96 Å². The Morgan fingerprint density at radius 2 is 2.32 bits per heavy atom. The van der Waals surface area contributed by atoms with Crippen molar-refractivity contribution in [2.24, 2.45) is 0 Å². The van der Waals surface area contributed by atoms with Crippen molar-refractivity contribution in [3.05, 3.63) is 22.1 Å². The van der Waals surface area contributed by atoms with Gasteiger partial charge in [-0.15, -0.1) is 5.10 Å². The van der Waals surface area contributed by atoms with Gasteiger partial charge >= 0.3 is 0 Å². The summed E-state index contributed by atoms with van der Waals surface area (Å²) >= 11 is 3.01. The maximum atomic E-state index is 11.3. The second-order valence-corrected chi connectivity index (χ2v) is 6.36. The molecule has 0 aliphatic rings. The number of unbranched alkanes of at least 4 members (excludes halogenated alkanes) is 3. The van der Waals surface area contributed by atoms with Crippen molar-refractivity contribution < 1.29 is 0 Å². The predicted molar refractivity (Wildman–Crippen MR) is 76.7 cm³/mol. The van der Waals surface area contributed by atoms with Crippen LogP contribution in [-0.2, 0) is 0 Å². The van der Waals surface area contributed by atoms with E-state index < -0.39 is 0 Å². The largest absolute Gasteiger partial charge is 0.275 e. The van der Waals surface area contributed by atoms with Gasteiger partial charge < -0.3 is 0 Å². The molecule has 0 atom stereocenters. The highest BCUT2D eigenvalue weighted by atomic mass is 32.2. The third-order valence-corrected chi connectivity index (χ3v) is 4.70. The molecular weight excluding hydrogens is 280 g/mol. The monoisotopic (exact) mass is 294 g/mol. The average Bonchev–Trinajstić information content (AvgIpc) is 2.80. The van der Waals surface area contributed by atoms with Gasteiger partial charge in [0, 0.05) is 11.8 Å². The maximum absolute atomic E-state index is 11.3. The van der Waals surface area contributed by atoms with Crippen molar-refractivity contribution in [2.45, 2.75) is 36.9 Å². The highest BCUT2D eigenvalue weighted by Gasteiger charge is 2.09. The SMILES string of the molecule is CCCCCCSc1nn2c(C#N)cc(=O)nc2s1. The predicted octanol–water partition coefficient (Wildman–Crippen LogP) is 2.70. The molecule has 0 spiro atoms. The first kappa shape index (κ1) is 14.0. The van der Waals surface area contributed by atoms with E-state index in [9.17, 15) is 4.79 Å². The fraction of sp³-hybridized carbons (Fsp3) is 0.500. The molecule has 0 aliphatic heterocycles. The number of nitriles is 1. The minimum Gasteiger partial charge on any atom is -0.267 e. The molecule has 0 aromatic carbocycles. The van der Waals surface area contributed by atoms with Crippen molar-refractivity contribution >= 4 is 28.1 Å². The lowest BCUT2D eigenvalue weighted by Crippen LogP contribution is -2.09. The van der Waals surface area contributed by atoms with Crippen molar-refractivity contribution in [3.63, 3.8) is 0 Å². The van der Waals surface area contributed by atoms with Crippen LogP contribution in [0.1, 0.15) is 38.3 Å². The van der Waals surface area contributed by atoms with Crippen LogP contribution >= 0.6 is 23.1 Å². The van der Waals surface area contributed by atoms with E-state index in [0.717, 1.165) is 16.5 Å². The Kier molecular flexibility index (Phi) is 4.93. The molecule has 2 heterocycles. The quantitative estimate of drug-likeness (QED) is 0.605. The fourth-order valence-corrected chi connectivity index (χ4v) is 3.64. The van der Waals surface area contributed by atoms with E-state index in [4.69, 9.17) is 5.26 Å². The van der Waals surface area contributed by atoms with Gasteiger partial charge in [0.05, 0.1) is 0 Å². The lowest BCUT2D eigenvalue weighted by molar-refractivity contribution is 0.706. The molecule has 0 saturated heterocycles. The molecule has 0 aliphatic carbocycles. The standard InChI is InChI=1S/C12H14N4OS2/c1-2-3-4-5-6-18-12-15-16-9(8-13)7-10(17)14-11(16)19-12/h7H,2-6H2,1H3. The normalized spacial score (nSPS) is 10.7. The Bertz CT molecular complexity index is 656. The summed E-state index contributed by atoms with van der Waals surface area (Å²) in [5, 5.41) is 13.3. The molecule has 0 amide bonds. The Morgan fingerprint density at radius 1 is 1.47 bits per heavy atom. The van der Waals surface area contributed by atoms with Crippen LogP contribution in [0.3, 0.4) is 0 Å².